The molecule has 0 spiro atoms. The van der Waals surface area contributed by atoms with E-state index in [-0.39, 0.29) is 0 Å². The molecule has 1 aromatic rings. The molecule has 0 atom stereocenters. The fourth-order valence-corrected chi connectivity index (χ4v) is 3.10. The summed E-state index contributed by atoms with van der Waals surface area (Å²) in [5.74, 6) is 0. The Morgan fingerprint density at radius 3 is 2.32 bits per heavy atom. The molecule has 3 rings (SSSR count). The van der Waals surface area contributed by atoms with Gasteiger partial charge < -0.3 is 4.90 Å². The largest absolute Gasteiger partial charge is 0.304 e. The van der Waals surface area contributed by atoms with Gasteiger partial charge in [0.25, 0.3) is 0 Å². The summed E-state index contributed by atoms with van der Waals surface area (Å²) in [6, 6.07) is 8.91. The third-order valence-corrected chi connectivity index (χ3v) is 4.54. The van der Waals surface area contributed by atoms with Gasteiger partial charge in [0.05, 0.1) is 0 Å². The zero-order valence-corrected chi connectivity index (χ0v) is 12.0. The maximum absolute atomic E-state index is 2.61. The lowest BCUT2D eigenvalue weighted by molar-refractivity contribution is 0.131. The predicted octanol–water partition coefficient (Wildman–Crippen LogP) is 1.29. The summed E-state index contributed by atoms with van der Waals surface area (Å²) in [4.78, 5) is 7.65. The summed E-state index contributed by atoms with van der Waals surface area (Å²) in [7, 11) is 2.22. The first-order chi connectivity index (χ1) is 9.31. The maximum atomic E-state index is 2.61. The average Bonchev–Trinajstić information content (AvgIpc) is 2.46. The zero-order valence-electron chi connectivity index (χ0n) is 12.0. The standard InChI is InChI=1S/C16H25N3/c1-17-8-10-18(11-9-17)12-13-19-7-6-15-4-2-3-5-16(15)14-19/h2-5H,6-14H2,1H3. The molecule has 3 heteroatoms. The van der Waals surface area contributed by atoms with Gasteiger partial charge in [0.15, 0.2) is 0 Å². The molecule has 0 N–H and O–H groups in total. The number of likely N-dealkylation sites (N-methyl/N-ethyl adjacent to an activating group) is 1. The number of benzene rings is 1. The molecule has 1 aromatic carbocycles. The Morgan fingerprint density at radius 2 is 1.53 bits per heavy atom. The molecule has 0 saturated carbocycles. The van der Waals surface area contributed by atoms with Crippen LogP contribution in [0.15, 0.2) is 24.3 Å². The molecular weight excluding hydrogens is 234 g/mol. The van der Waals surface area contributed by atoms with Crippen molar-refractivity contribution in [1.29, 1.82) is 0 Å². The van der Waals surface area contributed by atoms with E-state index in [1.165, 1.54) is 57.8 Å². The molecular formula is C16H25N3. The Bertz CT molecular complexity index is 410. The summed E-state index contributed by atoms with van der Waals surface area (Å²) >= 11 is 0. The normalized spacial score (nSPS) is 22.4. The second-order valence-corrected chi connectivity index (χ2v) is 5.94. The molecule has 0 amide bonds. The number of rotatable bonds is 3. The molecule has 19 heavy (non-hydrogen) atoms. The smallest absolute Gasteiger partial charge is 0.0237 e. The van der Waals surface area contributed by atoms with Crippen LogP contribution in [0.3, 0.4) is 0 Å². The second-order valence-electron chi connectivity index (χ2n) is 5.94. The topological polar surface area (TPSA) is 9.72 Å². The molecule has 0 aromatic heterocycles. The Hall–Kier alpha value is -0.900. The third-order valence-electron chi connectivity index (χ3n) is 4.54. The number of piperazine rings is 1. The molecule has 104 valence electrons. The van der Waals surface area contributed by atoms with Crippen LogP contribution in [-0.4, -0.2) is 67.6 Å². The molecule has 0 aliphatic carbocycles. The Kier molecular flexibility index (Phi) is 4.16. The van der Waals surface area contributed by atoms with E-state index in [1.54, 1.807) is 5.56 Å². The van der Waals surface area contributed by atoms with Crippen LogP contribution in [0.1, 0.15) is 11.1 Å². The van der Waals surface area contributed by atoms with E-state index in [9.17, 15) is 0 Å². The van der Waals surface area contributed by atoms with Crippen LogP contribution in [0.25, 0.3) is 0 Å². The van der Waals surface area contributed by atoms with E-state index < -0.39 is 0 Å². The van der Waals surface area contributed by atoms with Crippen molar-refractivity contribution in [2.24, 2.45) is 0 Å². The zero-order chi connectivity index (χ0) is 13.1. The van der Waals surface area contributed by atoms with E-state index in [1.807, 2.05) is 0 Å². The van der Waals surface area contributed by atoms with Crippen LogP contribution in [0.5, 0.6) is 0 Å². The van der Waals surface area contributed by atoms with Gasteiger partial charge in [0.2, 0.25) is 0 Å². The molecule has 2 heterocycles. The van der Waals surface area contributed by atoms with Gasteiger partial charge in [-0.1, -0.05) is 24.3 Å². The van der Waals surface area contributed by atoms with Gasteiger partial charge in [-0.3, -0.25) is 9.80 Å². The van der Waals surface area contributed by atoms with E-state index in [4.69, 9.17) is 0 Å². The number of nitrogens with zero attached hydrogens (tertiary/aromatic N) is 3. The van der Waals surface area contributed by atoms with Crippen molar-refractivity contribution in [3.05, 3.63) is 35.4 Å². The van der Waals surface area contributed by atoms with Gasteiger partial charge in [-0.15, -0.1) is 0 Å². The van der Waals surface area contributed by atoms with Gasteiger partial charge in [-0.05, 0) is 24.6 Å². The van der Waals surface area contributed by atoms with E-state index in [2.05, 4.69) is 46.0 Å². The Balaban J connectivity index is 1.47. The van der Waals surface area contributed by atoms with Crippen LogP contribution >= 0.6 is 0 Å². The average molecular weight is 259 g/mol. The third kappa shape index (κ3) is 3.35. The highest BCUT2D eigenvalue weighted by Gasteiger charge is 2.18. The summed E-state index contributed by atoms with van der Waals surface area (Å²) < 4.78 is 0. The van der Waals surface area contributed by atoms with Crippen molar-refractivity contribution in [3.63, 3.8) is 0 Å². The SMILES string of the molecule is CN1CCN(CCN2CCc3ccccc3C2)CC1. The van der Waals surface area contributed by atoms with Gasteiger partial charge >= 0.3 is 0 Å². The van der Waals surface area contributed by atoms with Gasteiger partial charge in [0.1, 0.15) is 0 Å². The summed E-state index contributed by atoms with van der Waals surface area (Å²) in [5.41, 5.74) is 3.09. The fraction of sp³-hybridized carbons (Fsp3) is 0.625. The molecule has 3 nitrogen and oxygen atoms in total. The van der Waals surface area contributed by atoms with E-state index in [0.29, 0.717) is 0 Å². The van der Waals surface area contributed by atoms with Crippen LogP contribution in [0, 0.1) is 0 Å². The summed E-state index contributed by atoms with van der Waals surface area (Å²) in [5, 5.41) is 0. The highest BCUT2D eigenvalue weighted by atomic mass is 15.3. The van der Waals surface area contributed by atoms with Gasteiger partial charge in [-0.2, -0.15) is 0 Å². The van der Waals surface area contributed by atoms with Crippen molar-refractivity contribution < 1.29 is 0 Å². The number of fused-ring (bicyclic) bond motifs is 1. The van der Waals surface area contributed by atoms with Crippen LogP contribution in [0.2, 0.25) is 0 Å². The number of hydrogen-bond donors (Lipinski definition) is 0. The first kappa shape index (κ1) is 13.1. The monoisotopic (exact) mass is 259 g/mol. The molecule has 1 saturated heterocycles. The minimum absolute atomic E-state index is 1.14. The minimum atomic E-state index is 1.14. The van der Waals surface area contributed by atoms with Crippen LogP contribution in [0.4, 0.5) is 0 Å². The first-order valence-corrected chi connectivity index (χ1v) is 7.51. The maximum Gasteiger partial charge on any atom is 0.0237 e. The Morgan fingerprint density at radius 1 is 0.842 bits per heavy atom. The molecule has 0 bridgehead atoms. The van der Waals surface area contributed by atoms with Gasteiger partial charge in [-0.25, -0.2) is 0 Å². The fourth-order valence-electron chi connectivity index (χ4n) is 3.10. The highest BCUT2D eigenvalue weighted by Crippen LogP contribution is 2.18. The summed E-state index contributed by atoms with van der Waals surface area (Å²) in [6.07, 6.45) is 1.22. The molecule has 1 fully saturated rings. The van der Waals surface area contributed by atoms with Crippen LogP contribution < -0.4 is 0 Å². The van der Waals surface area contributed by atoms with Crippen molar-refractivity contribution in [1.82, 2.24) is 14.7 Å². The van der Waals surface area contributed by atoms with Crippen molar-refractivity contribution in [3.8, 4) is 0 Å². The molecule has 2 aliphatic heterocycles. The van der Waals surface area contributed by atoms with Crippen LogP contribution in [-0.2, 0) is 13.0 Å². The molecule has 2 aliphatic rings. The van der Waals surface area contributed by atoms with E-state index >= 15 is 0 Å². The minimum Gasteiger partial charge on any atom is -0.304 e. The summed E-state index contributed by atoms with van der Waals surface area (Å²) in [6.45, 7) is 9.75. The second kappa shape index (κ2) is 6.04. The molecule has 0 radical (unpaired) electrons. The lowest BCUT2D eigenvalue weighted by Crippen LogP contribution is -2.47. The van der Waals surface area contributed by atoms with Crippen molar-refractivity contribution >= 4 is 0 Å². The Labute approximate surface area is 116 Å². The lowest BCUT2D eigenvalue weighted by atomic mass is 10.00. The molecule has 0 unspecified atom stereocenters. The van der Waals surface area contributed by atoms with Gasteiger partial charge in [0, 0.05) is 52.4 Å². The van der Waals surface area contributed by atoms with E-state index in [0.717, 1.165) is 6.54 Å². The first-order valence-electron chi connectivity index (χ1n) is 7.51. The lowest BCUT2D eigenvalue weighted by Gasteiger charge is -2.35. The van der Waals surface area contributed by atoms with Crippen molar-refractivity contribution in [2.75, 3.05) is 52.9 Å². The predicted molar refractivity (Wildman–Crippen MR) is 79.4 cm³/mol. The number of hydrogen-bond acceptors (Lipinski definition) is 3. The highest BCUT2D eigenvalue weighted by molar-refractivity contribution is 5.28. The quantitative estimate of drug-likeness (QED) is 0.810. The van der Waals surface area contributed by atoms with Crippen molar-refractivity contribution in [2.45, 2.75) is 13.0 Å².